The lowest BCUT2D eigenvalue weighted by Gasteiger charge is -2.23. The number of hydrogen-bond acceptors (Lipinski definition) is 4. The standard InChI is InChI=1S/C20H26N2O4S/c1-14-9-10-17(11-15(14)2)16(3)21-20(23)13-22(27(5,24)25)18-7-6-8-19(12-18)26-4/h6-12,16H,13H2,1-5H3,(H,21,23)/t16-/m0/s1. The summed E-state index contributed by atoms with van der Waals surface area (Å²) in [6.45, 7) is 5.61. The van der Waals surface area contributed by atoms with Gasteiger partial charge in [-0.15, -0.1) is 0 Å². The van der Waals surface area contributed by atoms with Crippen LogP contribution in [0.3, 0.4) is 0 Å². The highest BCUT2D eigenvalue weighted by Gasteiger charge is 2.22. The van der Waals surface area contributed by atoms with Crippen LogP contribution in [0.5, 0.6) is 5.75 Å². The number of benzene rings is 2. The van der Waals surface area contributed by atoms with Gasteiger partial charge >= 0.3 is 0 Å². The van der Waals surface area contributed by atoms with Crippen molar-refractivity contribution >= 4 is 21.6 Å². The first-order valence-corrected chi connectivity index (χ1v) is 10.4. The van der Waals surface area contributed by atoms with E-state index in [1.165, 1.54) is 12.7 Å². The van der Waals surface area contributed by atoms with Crippen LogP contribution in [0.15, 0.2) is 42.5 Å². The van der Waals surface area contributed by atoms with Gasteiger partial charge in [-0.1, -0.05) is 24.3 Å². The molecule has 0 spiro atoms. The van der Waals surface area contributed by atoms with E-state index >= 15 is 0 Å². The van der Waals surface area contributed by atoms with Crippen molar-refractivity contribution in [1.29, 1.82) is 0 Å². The van der Waals surface area contributed by atoms with E-state index in [4.69, 9.17) is 4.74 Å². The zero-order valence-electron chi connectivity index (χ0n) is 16.3. The summed E-state index contributed by atoms with van der Waals surface area (Å²) in [7, 11) is -2.13. The highest BCUT2D eigenvalue weighted by molar-refractivity contribution is 7.92. The maximum Gasteiger partial charge on any atom is 0.241 e. The van der Waals surface area contributed by atoms with Gasteiger partial charge in [-0.05, 0) is 49.6 Å². The molecular formula is C20H26N2O4S. The Hall–Kier alpha value is -2.54. The van der Waals surface area contributed by atoms with E-state index in [9.17, 15) is 13.2 Å². The number of ether oxygens (including phenoxy) is 1. The average molecular weight is 391 g/mol. The molecule has 0 unspecified atom stereocenters. The van der Waals surface area contributed by atoms with Gasteiger partial charge in [0, 0.05) is 6.07 Å². The van der Waals surface area contributed by atoms with Gasteiger partial charge in [0.25, 0.3) is 0 Å². The number of sulfonamides is 1. The third kappa shape index (κ3) is 5.47. The van der Waals surface area contributed by atoms with Crippen LogP contribution in [0.4, 0.5) is 5.69 Å². The molecule has 0 saturated carbocycles. The highest BCUT2D eigenvalue weighted by atomic mass is 32.2. The normalized spacial score (nSPS) is 12.3. The van der Waals surface area contributed by atoms with Crippen molar-refractivity contribution in [3.05, 3.63) is 59.2 Å². The number of anilines is 1. The largest absolute Gasteiger partial charge is 0.497 e. The van der Waals surface area contributed by atoms with Crippen molar-refractivity contribution in [2.75, 3.05) is 24.2 Å². The minimum atomic E-state index is -3.63. The summed E-state index contributed by atoms with van der Waals surface area (Å²) in [6, 6.07) is 12.4. The van der Waals surface area contributed by atoms with Crippen LogP contribution >= 0.6 is 0 Å². The molecular weight excluding hydrogens is 364 g/mol. The van der Waals surface area contributed by atoms with Gasteiger partial charge in [-0.3, -0.25) is 9.10 Å². The summed E-state index contributed by atoms with van der Waals surface area (Å²) >= 11 is 0. The summed E-state index contributed by atoms with van der Waals surface area (Å²) in [5.74, 6) is 0.138. The van der Waals surface area contributed by atoms with Crippen LogP contribution in [-0.2, 0) is 14.8 Å². The molecule has 0 heterocycles. The molecule has 2 aromatic carbocycles. The Balaban J connectivity index is 2.17. The zero-order valence-corrected chi connectivity index (χ0v) is 17.1. The molecule has 27 heavy (non-hydrogen) atoms. The lowest BCUT2D eigenvalue weighted by Crippen LogP contribution is -2.41. The number of hydrogen-bond donors (Lipinski definition) is 1. The molecule has 6 nitrogen and oxygen atoms in total. The smallest absolute Gasteiger partial charge is 0.241 e. The molecule has 1 N–H and O–H groups in total. The Labute approximate surface area is 161 Å². The Bertz CT molecular complexity index is 925. The number of carbonyl (C=O) groups is 1. The van der Waals surface area contributed by atoms with E-state index in [0.717, 1.165) is 21.7 Å². The molecule has 1 atom stereocenters. The maximum absolute atomic E-state index is 12.5. The van der Waals surface area contributed by atoms with Gasteiger partial charge in [-0.2, -0.15) is 0 Å². The summed E-state index contributed by atoms with van der Waals surface area (Å²) in [4.78, 5) is 12.5. The van der Waals surface area contributed by atoms with Gasteiger partial charge < -0.3 is 10.1 Å². The SMILES string of the molecule is COc1cccc(N(CC(=O)N[C@@H](C)c2ccc(C)c(C)c2)S(C)(=O)=O)c1. The molecule has 0 bridgehead atoms. The fraction of sp³-hybridized carbons (Fsp3) is 0.350. The predicted molar refractivity (Wildman–Crippen MR) is 108 cm³/mol. The molecule has 0 aliphatic rings. The Morgan fingerprint density at radius 1 is 1.15 bits per heavy atom. The Kier molecular flexibility index (Phi) is 6.49. The zero-order chi connectivity index (χ0) is 20.2. The second-order valence-electron chi connectivity index (χ2n) is 6.60. The summed E-state index contributed by atoms with van der Waals surface area (Å²) in [5, 5.41) is 2.87. The lowest BCUT2D eigenvalue weighted by molar-refractivity contribution is -0.120. The van der Waals surface area contributed by atoms with Gasteiger partial charge in [0.15, 0.2) is 0 Å². The van der Waals surface area contributed by atoms with Gasteiger partial charge in [0.2, 0.25) is 15.9 Å². The molecule has 1 amide bonds. The topological polar surface area (TPSA) is 75.7 Å². The van der Waals surface area contributed by atoms with Crippen molar-refractivity contribution in [3.63, 3.8) is 0 Å². The number of rotatable bonds is 7. The number of aryl methyl sites for hydroxylation is 2. The van der Waals surface area contributed by atoms with Crippen LogP contribution in [0, 0.1) is 13.8 Å². The third-order valence-corrected chi connectivity index (χ3v) is 5.58. The molecule has 0 aliphatic carbocycles. The number of nitrogens with one attached hydrogen (secondary N) is 1. The first kappa shape index (κ1) is 20.8. The van der Waals surface area contributed by atoms with E-state index < -0.39 is 10.0 Å². The first-order chi connectivity index (χ1) is 12.6. The monoisotopic (exact) mass is 390 g/mol. The molecule has 146 valence electrons. The van der Waals surface area contributed by atoms with E-state index in [0.29, 0.717) is 11.4 Å². The lowest BCUT2D eigenvalue weighted by atomic mass is 10.0. The summed E-state index contributed by atoms with van der Waals surface area (Å²) in [5.41, 5.74) is 3.67. The molecule has 0 fully saturated rings. The van der Waals surface area contributed by atoms with Gasteiger partial charge in [0.1, 0.15) is 12.3 Å². The van der Waals surface area contributed by atoms with Crippen LogP contribution in [0.1, 0.15) is 29.7 Å². The second kappa shape index (κ2) is 8.43. The van der Waals surface area contributed by atoms with Gasteiger partial charge in [0.05, 0.1) is 25.1 Å². The molecule has 0 saturated heterocycles. The third-order valence-electron chi connectivity index (χ3n) is 4.44. The van der Waals surface area contributed by atoms with E-state index in [-0.39, 0.29) is 18.5 Å². The fourth-order valence-electron chi connectivity index (χ4n) is 2.70. The van der Waals surface area contributed by atoms with Crippen LogP contribution in [0.2, 0.25) is 0 Å². The Morgan fingerprint density at radius 2 is 1.85 bits per heavy atom. The van der Waals surface area contributed by atoms with Crippen LogP contribution in [-0.4, -0.2) is 34.2 Å². The minimum Gasteiger partial charge on any atom is -0.497 e. The number of methoxy groups -OCH3 is 1. The average Bonchev–Trinajstić information content (AvgIpc) is 2.61. The van der Waals surface area contributed by atoms with E-state index in [1.807, 2.05) is 39.0 Å². The van der Waals surface area contributed by atoms with Crippen LogP contribution in [0.25, 0.3) is 0 Å². The van der Waals surface area contributed by atoms with Crippen molar-refractivity contribution < 1.29 is 17.9 Å². The van der Waals surface area contributed by atoms with Crippen molar-refractivity contribution in [1.82, 2.24) is 5.32 Å². The van der Waals surface area contributed by atoms with Crippen molar-refractivity contribution in [2.45, 2.75) is 26.8 Å². The number of nitrogens with zero attached hydrogens (tertiary/aromatic N) is 1. The van der Waals surface area contributed by atoms with Crippen molar-refractivity contribution in [2.24, 2.45) is 0 Å². The number of amides is 1. The van der Waals surface area contributed by atoms with Crippen molar-refractivity contribution in [3.8, 4) is 5.75 Å². The maximum atomic E-state index is 12.5. The molecule has 0 radical (unpaired) electrons. The van der Waals surface area contributed by atoms with Crippen LogP contribution < -0.4 is 14.4 Å². The van der Waals surface area contributed by atoms with E-state index in [1.54, 1.807) is 24.3 Å². The fourth-order valence-corrected chi connectivity index (χ4v) is 3.55. The van der Waals surface area contributed by atoms with E-state index in [2.05, 4.69) is 5.32 Å². The minimum absolute atomic E-state index is 0.233. The molecule has 7 heteroatoms. The summed E-state index contributed by atoms with van der Waals surface area (Å²) in [6.07, 6.45) is 1.08. The second-order valence-corrected chi connectivity index (χ2v) is 8.51. The number of carbonyl (C=O) groups excluding carboxylic acids is 1. The highest BCUT2D eigenvalue weighted by Crippen LogP contribution is 2.23. The molecule has 0 aromatic heterocycles. The van der Waals surface area contributed by atoms with Gasteiger partial charge in [-0.25, -0.2) is 8.42 Å². The quantitative estimate of drug-likeness (QED) is 0.789. The Morgan fingerprint density at radius 3 is 2.44 bits per heavy atom. The molecule has 2 aromatic rings. The first-order valence-electron chi connectivity index (χ1n) is 8.60. The molecule has 2 rings (SSSR count). The predicted octanol–water partition coefficient (Wildman–Crippen LogP) is 2.96. The summed E-state index contributed by atoms with van der Waals surface area (Å²) < 4.78 is 30.6. The molecule has 0 aliphatic heterocycles.